The Morgan fingerprint density at radius 3 is 2.86 bits per heavy atom. The van der Waals surface area contributed by atoms with Crippen LogP contribution in [0.1, 0.15) is 24.9 Å². The highest BCUT2D eigenvalue weighted by atomic mass is 32.2. The summed E-state index contributed by atoms with van der Waals surface area (Å²) in [5.74, 6) is 1.79. The van der Waals surface area contributed by atoms with Crippen LogP contribution in [0.5, 0.6) is 0 Å². The Morgan fingerprint density at radius 2 is 2.36 bits per heavy atom. The number of rotatable bonds is 5. The molecule has 0 aliphatic rings. The van der Waals surface area contributed by atoms with Gasteiger partial charge in [0.05, 0.1) is 12.2 Å². The molecule has 1 N–H and O–H groups in total. The quantitative estimate of drug-likeness (QED) is 0.818. The van der Waals surface area contributed by atoms with Crippen LogP contribution in [-0.4, -0.2) is 16.3 Å². The molecular weight excluding hydrogens is 200 g/mol. The minimum absolute atomic E-state index is 0.123. The van der Waals surface area contributed by atoms with E-state index in [9.17, 15) is 4.79 Å². The first-order valence-corrected chi connectivity index (χ1v) is 5.51. The Labute approximate surface area is 87.5 Å². The largest absolute Gasteiger partial charge is 0.481 e. The van der Waals surface area contributed by atoms with Crippen LogP contribution in [0.25, 0.3) is 0 Å². The first kappa shape index (κ1) is 11.2. The van der Waals surface area contributed by atoms with Crippen LogP contribution in [-0.2, 0) is 10.5 Å². The van der Waals surface area contributed by atoms with Gasteiger partial charge in [-0.2, -0.15) is 11.8 Å². The number of hydrogen-bond donors (Lipinski definition) is 1. The fourth-order valence-corrected chi connectivity index (χ4v) is 1.96. The number of carboxylic acid groups (broad SMARTS) is 1. The molecule has 0 spiro atoms. The van der Waals surface area contributed by atoms with Crippen molar-refractivity contribution in [3.8, 4) is 0 Å². The van der Waals surface area contributed by atoms with Gasteiger partial charge in [0.2, 0.25) is 0 Å². The van der Waals surface area contributed by atoms with Crippen LogP contribution in [0.3, 0.4) is 0 Å². The van der Waals surface area contributed by atoms with Gasteiger partial charge >= 0.3 is 5.97 Å². The van der Waals surface area contributed by atoms with Gasteiger partial charge in [-0.25, -0.2) is 0 Å². The zero-order valence-electron chi connectivity index (χ0n) is 8.32. The molecule has 1 aromatic rings. The molecule has 1 atom stereocenters. The van der Waals surface area contributed by atoms with Crippen molar-refractivity contribution < 1.29 is 14.3 Å². The second kappa shape index (κ2) is 5.10. The summed E-state index contributed by atoms with van der Waals surface area (Å²) in [4.78, 5) is 10.4. The molecule has 0 amide bonds. The highest BCUT2D eigenvalue weighted by Gasteiger charge is 2.09. The molecule has 0 bridgehead atoms. The van der Waals surface area contributed by atoms with Crippen LogP contribution in [0.4, 0.5) is 0 Å². The van der Waals surface area contributed by atoms with Crippen molar-refractivity contribution in [2.45, 2.75) is 31.3 Å². The highest BCUT2D eigenvalue weighted by molar-refractivity contribution is 7.99. The molecule has 0 fully saturated rings. The van der Waals surface area contributed by atoms with Gasteiger partial charge in [0.1, 0.15) is 11.5 Å². The van der Waals surface area contributed by atoms with Crippen molar-refractivity contribution in [3.63, 3.8) is 0 Å². The number of aryl methyl sites for hydroxylation is 1. The molecule has 78 valence electrons. The Balaban J connectivity index is 2.30. The van der Waals surface area contributed by atoms with Crippen molar-refractivity contribution in [3.05, 3.63) is 23.7 Å². The predicted molar refractivity (Wildman–Crippen MR) is 56.5 cm³/mol. The predicted octanol–water partition coefficient (Wildman–Crippen LogP) is 2.68. The first-order chi connectivity index (χ1) is 6.58. The number of aliphatic carboxylic acids is 1. The molecule has 3 nitrogen and oxygen atoms in total. The number of furan rings is 1. The molecule has 0 saturated carbocycles. The van der Waals surface area contributed by atoms with E-state index in [-0.39, 0.29) is 11.7 Å². The molecule has 0 aliphatic heterocycles. The molecule has 14 heavy (non-hydrogen) atoms. The first-order valence-electron chi connectivity index (χ1n) is 4.46. The summed E-state index contributed by atoms with van der Waals surface area (Å²) < 4.78 is 5.37. The van der Waals surface area contributed by atoms with Gasteiger partial charge < -0.3 is 9.52 Å². The average molecular weight is 214 g/mol. The third-order valence-corrected chi connectivity index (χ3v) is 2.96. The van der Waals surface area contributed by atoms with E-state index >= 15 is 0 Å². The molecule has 0 aromatic carbocycles. The summed E-state index contributed by atoms with van der Waals surface area (Å²) in [6.07, 6.45) is 0.199. The SMILES string of the molecule is Cc1ccc(CSC(C)CC(=O)O)o1. The lowest BCUT2D eigenvalue weighted by atomic mass is 10.3. The van der Waals surface area contributed by atoms with E-state index in [1.54, 1.807) is 11.8 Å². The second-order valence-corrected chi connectivity index (χ2v) is 4.66. The molecule has 1 heterocycles. The lowest BCUT2D eigenvalue weighted by Crippen LogP contribution is -2.05. The van der Waals surface area contributed by atoms with Crippen LogP contribution < -0.4 is 0 Å². The van der Waals surface area contributed by atoms with Crippen LogP contribution >= 0.6 is 11.8 Å². The lowest BCUT2D eigenvalue weighted by molar-refractivity contribution is -0.136. The topological polar surface area (TPSA) is 50.4 Å². The zero-order chi connectivity index (χ0) is 10.6. The molecule has 1 unspecified atom stereocenters. The summed E-state index contributed by atoms with van der Waals surface area (Å²) >= 11 is 1.60. The Morgan fingerprint density at radius 1 is 1.64 bits per heavy atom. The maximum atomic E-state index is 10.4. The van der Waals surface area contributed by atoms with Gasteiger partial charge in [-0.15, -0.1) is 0 Å². The third-order valence-electron chi connectivity index (χ3n) is 1.77. The summed E-state index contributed by atoms with van der Waals surface area (Å²) in [6.45, 7) is 3.81. The fourth-order valence-electron chi connectivity index (χ4n) is 1.09. The minimum Gasteiger partial charge on any atom is -0.481 e. The summed E-state index contributed by atoms with van der Waals surface area (Å²) in [5, 5.41) is 8.67. The standard InChI is InChI=1S/C10H14O3S/c1-7-3-4-9(13-7)6-14-8(2)5-10(11)12/h3-4,8H,5-6H2,1-2H3,(H,11,12). The summed E-state index contributed by atoms with van der Waals surface area (Å²) in [6, 6.07) is 3.84. The smallest absolute Gasteiger partial charge is 0.304 e. The van der Waals surface area contributed by atoms with Gasteiger partial charge in [-0.05, 0) is 19.1 Å². The number of hydrogen-bond acceptors (Lipinski definition) is 3. The molecule has 4 heteroatoms. The second-order valence-electron chi connectivity index (χ2n) is 3.23. The Hall–Kier alpha value is -0.900. The number of carboxylic acids is 1. The van der Waals surface area contributed by atoms with E-state index in [1.807, 2.05) is 26.0 Å². The van der Waals surface area contributed by atoms with Gasteiger partial charge in [-0.1, -0.05) is 6.92 Å². The minimum atomic E-state index is -0.749. The molecule has 0 aliphatic carbocycles. The maximum absolute atomic E-state index is 10.4. The fraction of sp³-hybridized carbons (Fsp3) is 0.500. The molecular formula is C10H14O3S. The Bertz CT molecular complexity index is 306. The van der Waals surface area contributed by atoms with E-state index in [0.717, 1.165) is 17.3 Å². The van der Waals surface area contributed by atoms with E-state index < -0.39 is 5.97 Å². The Kier molecular flexibility index (Phi) is 4.07. The molecule has 1 aromatic heterocycles. The zero-order valence-corrected chi connectivity index (χ0v) is 9.13. The number of carbonyl (C=O) groups is 1. The molecule has 0 saturated heterocycles. The maximum Gasteiger partial charge on any atom is 0.304 e. The third kappa shape index (κ3) is 3.87. The average Bonchev–Trinajstić information content (AvgIpc) is 2.47. The van der Waals surface area contributed by atoms with E-state index in [4.69, 9.17) is 9.52 Å². The van der Waals surface area contributed by atoms with Gasteiger partial charge in [-0.3, -0.25) is 4.79 Å². The summed E-state index contributed by atoms with van der Waals surface area (Å²) in [7, 11) is 0. The van der Waals surface area contributed by atoms with Gasteiger partial charge in [0.25, 0.3) is 0 Å². The van der Waals surface area contributed by atoms with E-state index in [1.165, 1.54) is 0 Å². The van der Waals surface area contributed by atoms with Crippen LogP contribution in [0.2, 0.25) is 0 Å². The molecule has 0 radical (unpaired) electrons. The van der Waals surface area contributed by atoms with Crippen molar-refractivity contribution >= 4 is 17.7 Å². The van der Waals surface area contributed by atoms with Gasteiger partial charge in [0, 0.05) is 5.25 Å². The summed E-state index contributed by atoms with van der Waals surface area (Å²) in [5.41, 5.74) is 0. The molecule has 1 rings (SSSR count). The normalized spacial score (nSPS) is 12.7. The van der Waals surface area contributed by atoms with Crippen LogP contribution in [0, 0.1) is 6.92 Å². The van der Waals surface area contributed by atoms with E-state index in [2.05, 4.69) is 0 Å². The van der Waals surface area contributed by atoms with Crippen molar-refractivity contribution in [1.29, 1.82) is 0 Å². The lowest BCUT2D eigenvalue weighted by Gasteiger charge is -2.06. The van der Waals surface area contributed by atoms with Crippen molar-refractivity contribution in [2.75, 3.05) is 0 Å². The van der Waals surface area contributed by atoms with Crippen molar-refractivity contribution in [1.82, 2.24) is 0 Å². The number of thioether (sulfide) groups is 1. The van der Waals surface area contributed by atoms with E-state index in [0.29, 0.717) is 0 Å². The van der Waals surface area contributed by atoms with Crippen molar-refractivity contribution in [2.24, 2.45) is 0 Å². The van der Waals surface area contributed by atoms with Gasteiger partial charge in [0.15, 0.2) is 0 Å². The highest BCUT2D eigenvalue weighted by Crippen LogP contribution is 2.21. The monoisotopic (exact) mass is 214 g/mol. The van der Waals surface area contributed by atoms with Crippen LogP contribution in [0.15, 0.2) is 16.5 Å².